The smallest absolute Gasteiger partial charge is 0.221 e. The van der Waals surface area contributed by atoms with Crippen molar-refractivity contribution in [1.29, 1.82) is 0 Å². The summed E-state index contributed by atoms with van der Waals surface area (Å²) in [6, 6.07) is 0. The zero-order valence-electron chi connectivity index (χ0n) is 11.7. The fraction of sp³-hybridized carbons (Fsp3) is 0.583. The van der Waals surface area contributed by atoms with Gasteiger partial charge in [-0.05, 0) is 22.9 Å². The number of halogens is 1. The fourth-order valence-electron chi connectivity index (χ4n) is 1.46. The van der Waals surface area contributed by atoms with Gasteiger partial charge in [-0.1, -0.05) is 0 Å². The number of nitrogens with one attached hydrogen (secondary N) is 3. The SMILES string of the molecule is CCNc1ncnc(NCCC(=O)NCCOC)c1Br. The topological polar surface area (TPSA) is 88.2 Å². The van der Waals surface area contributed by atoms with Gasteiger partial charge in [0.1, 0.15) is 22.4 Å². The highest BCUT2D eigenvalue weighted by Crippen LogP contribution is 2.26. The highest BCUT2D eigenvalue weighted by atomic mass is 79.9. The van der Waals surface area contributed by atoms with Crippen molar-refractivity contribution in [3.05, 3.63) is 10.8 Å². The molecule has 1 aromatic rings. The van der Waals surface area contributed by atoms with Gasteiger partial charge in [0.25, 0.3) is 0 Å². The number of rotatable bonds is 9. The molecule has 0 saturated carbocycles. The van der Waals surface area contributed by atoms with E-state index >= 15 is 0 Å². The summed E-state index contributed by atoms with van der Waals surface area (Å²) in [5.74, 6) is 1.38. The van der Waals surface area contributed by atoms with E-state index in [-0.39, 0.29) is 5.91 Å². The minimum Gasteiger partial charge on any atom is -0.383 e. The molecule has 0 aliphatic carbocycles. The lowest BCUT2D eigenvalue weighted by Gasteiger charge is -2.10. The molecule has 1 rings (SSSR count). The van der Waals surface area contributed by atoms with Crippen LogP contribution in [-0.4, -0.2) is 49.2 Å². The van der Waals surface area contributed by atoms with Crippen LogP contribution in [0, 0.1) is 0 Å². The number of nitrogens with zero attached hydrogens (tertiary/aromatic N) is 2. The number of hydrogen-bond donors (Lipinski definition) is 3. The largest absolute Gasteiger partial charge is 0.383 e. The van der Waals surface area contributed by atoms with Gasteiger partial charge in [0, 0.05) is 33.2 Å². The maximum atomic E-state index is 11.5. The van der Waals surface area contributed by atoms with Crippen LogP contribution < -0.4 is 16.0 Å². The van der Waals surface area contributed by atoms with E-state index in [0.29, 0.717) is 31.9 Å². The third-order valence-corrected chi connectivity index (χ3v) is 3.16. The molecule has 0 aliphatic heterocycles. The lowest BCUT2D eigenvalue weighted by atomic mass is 10.4. The Bertz CT molecular complexity index is 430. The third kappa shape index (κ3) is 5.70. The molecule has 7 nitrogen and oxygen atoms in total. The monoisotopic (exact) mass is 345 g/mol. The molecule has 0 unspecified atom stereocenters. The van der Waals surface area contributed by atoms with E-state index in [1.807, 2.05) is 6.92 Å². The quantitative estimate of drug-likeness (QED) is 0.583. The van der Waals surface area contributed by atoms with Crippen LogP contribution in [0.25, 0.3) is 0 Å². The summed E-state index contributed by atoms with van der Waals surface area (Å²) in [4.78, 5) is 19.8. The first kappa shape index (κ1) is 16.6. The zero-order chi connectivity index (χ0) is 14.8. The molecule has 1 aromatic heterocycles. The molecule has 20 heavy (non-hydrogen) atoms. The maximum absolute atomic E-state index is 11.5. The molecule has 0 aromatic carbocycles. The van der Waals surface area contributed by atoms with E-state index in [9.17, 15) is 4.79 Å². The molecule has 0 aliphatic rings. The van der Waals surface area contributed by atoms with Gasteiger partial charge in [0.05, 0.1) is 6.61 Å². The Morgan fingerprint density at radius 2 is 2.00 bits per heavy atom. The summed E-state index contributed by atoms with van der Waals surface area (Å²) in [6.07, 6.45) is 1.85. The number of hydrogen-bond acceptors (Lipinski definition) is 6. The van der Waals surface area contributed by atoms with Gasteiger partial charge in [0.15, 0.2) is 0 Å². The number of carbonyl (C=O) groups is 1. The summed E-state index contributed by atoms with van der Waals surface area (Å²) in [6.45, 7) is 4.31. The first-order chi connectivity index (χ1) is 9.69. The second-order valence-electron chi connectivity index (χ2n) is 3.93. The Balaban J connectivity index is 2.38. The lowest BCUT2D eigenvalue weighted by molar-refractivity contribution is -0.121. The van der Waals surface area contributed by atoms with Crippen molar-refractivity contribution in [3.63, 3.8) is 0 Å². The molecule has 0 bridgehead atoms. The van der Waals surface area contributed by atoms with Gasteiger partial charge in [0.2, 0.25) is 5.91 Å². The molecule has 1 heterocycles. The number of carbonyl (C=O) groups excluding carboxylic acids is 1. The number of ether oxygens (including phenoxy) is 1. The van der Waals surface area contributed by atoms with Gasteiger partial charge in [-0.25, -0.2) is 9.97 Å². The molecule has 1 amide bonds. The Hall–Kier alpha value is -1.41. The first-order valence-electron chi connectivity index (χ1n) is 6.42. The van der Waals surface area contributed by atoms with Gasteiger partial charge >= 0.3 is 0 Å². The van der Waals surface area contributed by atoms with Crippen molar-refractivity contribution in [1.82, 2.24) is 15.3 Å². The summed E-state index contributed by atoms with van der Waals surface area (Å²) in [5, 5.41) is 8.98. The molecule has 0 spiro atoms. The van der Waals surface area contributed by atoms with Crippen LogP contribution in [0.2, 0.25) is 0 Å². The van der Waals surface area contributed by atoms with Crippen molar-refractivity contribution in [3.8, 4) is 0 Å². The number of methoxy groups -OCH3 is 1. The van der Waals surface area contributed by atoms with Crippen molar-refractivity contribution < 1.29 is 9.53 Å². The predicted octanol–water partition coefficient (Wildman–Crippen LogP) is 1.24. The van der Waals surface area contributed by atoms with Crippen LogP contribution in [0.1, 0.15) is 13.3 Å². The molecule has 8 heteroatoms. The maximum Gasteiger partial charge on any atom is 0.221 e. The van der Waals surface area contributed by atoms with E-state index in [2.05, 4.69) is 41.8 Å². The van der Waals surface area contributed by atoms with Gasteiger partial charge < -0.3 is 20.7 Å². The van der Waals surface area contributed by atoms with E-state index < -0.39 is 0 Å². The summed E-state index contributed by atoms with van der Waals surface area (Å²) in [5.41, 5.74) is 0. The number of anilines is 2. The Kier molecular flexibility index (Phi) is 7.89. The van der Waals surface area contributed by atoms with E-state index in [0.717, 1.165) is 16.8 Å². The number of aromatic nitrogens is 2. The summed E-state index contributed by atoms with van der Waals surface area (Å²) < 4.78 is 5.62. The highest BCUT2D eigenvalue weighted by Gasteiger charge is 2.08. The van der Waals surface area contributed by atoms with Crippen molar-refractivity contribution >= 4 is 33.5 Å². The Labute approximate surface area is 127 Å². The van der Waals surface area contributed by atoms with Gasteiger partial charge in [-0.15, -0.1) is 0 Å². The third-order valence-electron chi connectivity index (χ3n) is 2.41. The molecule has 0 atom stereocenters. The molecular formula is C12H20BrN5O2. The Morgan fingerprint density at radius 3 is 2.65 bits per heavy atom. The van der Waals surface area contributed by atoms with Crippen molar-refractivity contribution in [2.45, 2.75) is 13.3 Å². The van der Waals surface area contributed by atoms with Gasteiger partial charge in [-0.3, -0.25) is 4.79 Å². The minimum absolute atomic E-state index is 0.0216. The van der Waals surface area contributed by atoms with Crippen LogP contribution in [0.4, 0.5) is 11.6 Å². The Morgan fingerprint density at radius 1 is 1.30 bits per heavy atom. The molecule has 0 fully saturated rings. The van der Waals surface area contributed by atoms with Crippen molar-refractivity contribution in [2.24, 2.45) is 0 Å². The molecule has 3 N–H and O–H groups in total. The highest BCUT2D eigenvalue weighted by molar-refractivity contribution is 9.10. The van der Waals surface area contributed by atoms with Crippen LogP contribution in [0.3, 0.4) is 0 Å². The average molecular weight is 346 g/mol. The second kappa shape index (κ2) is 9.49. The van der Waals surface area contributed by atoms with E-state index in [4.69, 9.17) is 4.74 Å². The molecule has 0 radical (unpaired) electrons. The first-order valence-corrected chi connectivity index (χ1v) is 7.22. The number of amides is 1. The minimum atomic E-state index is -0.0216. The van der Waals surface area contributed by atoms with Crippen LogP contribution in [0.15, 0.2) is 10.8 Å². The van der Waals surface area contributed by atoms with Crippen LogP contribution >= 0.6 is 15.9 Å². The second-order valence-corrected chi connectivity index (χ2v) is 4.73. The van der Waals surface area contributed by atoms with Crippen LogP contribution in [-0.2, 0) is 9.53 Å². The van der Waals surface area contributed by atoms with Gasteiger partial charge in [-0.2, -0.15) is 0 Å². The predicted molar refractivity (Wildman–Crippen MR) is 81.9 cm³/mol. The lowest BCUT2D eigenvalue weighted by Crippen LogP contribution is -2.28. The zero-order valence-corrected chi connectivity index (χ0v) is 13.3. The average Bonchev–Trinajstić information content (AvgIpc) is 2.43. The van der Waals surface area contributed by atoms with E-state index in [1.165, 1.54) is 6.33 Å². The van der Waals surface area contributed by atoms with Crippen molar-refractivity contribution in [2.75, 3.05) is 44.0 Å². The molecule has 0 saturated heterocycles. The fourth-order valence-corrected chi connectivity index (χ4v) is 1.94. The summed E-state index contributed by atoms with van der Waals surface area (Å²) >= 11 is 3.43. The molecule has 112 valence electrons. The van der Waals surface area contributed by atoms with E-state index in [1.54, 1.807) is 7.11 Å². The standard InChI is InChI=1S/C12H20BrN5O2/c1-3-14-11-10(13)12(18-8-17-11)16-5-4-9(19)15-6-7-20-2/h8H,3-7H2,1-2H3,(H,15,19)(H2,14,16,17,18). The molecular weight excluding hydrogens is 326 g/mol. The van der Waals surface area contributed by atoms with Crippen LogP contribution in [0.5, 0.6) is 0 Å². The summed E-state index contributed by atoms with van der Waals surface area (Å²) in [7, 11) is 1.60. The normalized spacial score (nSPS) is 10.2.